The van der Waals surface area contributed by atoms with Gasteiger partial charge in [0.1, 0.15) is 5.52 Å². The molecule has 1 unspecified atom stereocenters. The molecule has 2 aromatic carbocycles. The Morgan fingerprint density at radius 2 is 1.69 bits per heavy atom. The second kappa shape index (κ2) is 8.61. The van der Waals surface area contributed by atoms with E-state index >= 15 is 0 Å². The summed E-state index contributed by atoms with van der Waals surface area (Å²) in [5, 5.41) is 5.27. The Balaban J connectivity index is 1.24. The van der Waals surface area contributed by atoms with Crippen LogP contribution in [0.2, 0.25) is 0 Å². The first-order chi connectivity index (χ1) is 16.5. The zero-order valence-corrected chi connectivity index (χ0v) is 22.2. The van der Waals surface area contributed by atoms with Crippen LogP contribution < -0.4 is 9.62 Å². The fourth-order valence-corrected chi connectivity index (χ4v) is 7.15. The molecule has 188 valence electrons. The van der Waals surface area contributed by atoms with Crippen molar-refractivity contribution in [3.05, 3.63) is 59.2 Å². The summed E-state index contributed by atoms with van der Waals surface area (Å²) in [5.41, 5.74) is 4.13. The number of hydrogen-bond donors (Lipinski definition) is 1. The summed E-state index contributed by atoms with van der Waals surface area (Å²) in [7, 11) is -3.31. The Labute approximate surface area is 208 Å². The lowest BCUT2D eigenvalue weighted by atomic mass is 9.76. The highest BCUT2D eigenvalue weighted by molar-refractivity contribution is 7.88. The summed E-state index contributed by atoms with van der Waals surface area (Å²) in [4.78, 5) is 4.80. The van der Waals surface area contributed by atoms with E-state index in [1.165, 1.54) is 22.9 Å². The molecule has 0 radical (unpaired) electrons. The number of aromatic nitrogens is 1. The molecule has 1 saturated heterocycles. The fourth-order valence-electron chi connectivity index (χ4n) is 6.13. The zero-order valence-electron chi connectivity index (χ0n) is 21.3. The van der Waals surface area contributed by atoms with Crippen molar-refractivity contribution in [1.29, 1.82) is 0 Å². The van der Waals surface area contributed by atoms with Gasteiger partial charge < -0.3 is 9.42 Å². The minimum atomic E-state index is -3.31. The highest BCUT2D eigenvalue weighted by Crippen LogP contribution is 2.50. The molecule has 1 atom stereocenters. The zero-order chi connectivity index (χ0) is 25.0. The van der Waals surface area contributed by atoms with Gasteiger partial charge in [-0.15, -0.1) is 0 Å². The van der Waals surface area contributed by atoms with Crippen molar-refractivity contribution in [3.63, 3.8) is 0 Å². The number of fused-ring (bicyclic) bond motifs is 2. The van der Waals surface area contributed by atoms with Gasteiger partial charge in [-0.2, -0.15) is 0 Å². The Hall–Kier alpha value is -2.42. The van der Waals surface area contributed by atoms with Crippen molar-refractivity contribution in [2.75, 3.05) is 43.9 Å². The molecule has 3 aromatic rings. The summed E-state index contributed by atoms with van der Waals surface area (Å²) in [6.07, 6.45) is 2.22. The summed E-state index contributed by atoms with van der Waals surface area (Å²) < 4.78 is 32.8. The minimum absolute atomic E-state index is 0.185. The number of benzene rings is 2. The van der Waals surface area contributed by atoms with E-state index in [9.17, 15) is 8.42 Å². The molecule has 0 spiro atoms. The highest BCUT2D eigenvalue weighted by atomic mass is 32.2. The van der Waals surface area contributed by atoms with Crippen molar-refractivity contribution in [3.8, 4) is 0 Å². The van der Waals surface area contributed by atoms with Gasteiger partial charge in [-0.1, -0.05) is 63.2 Å². The van der Waals surface area contributed by atoms with Crippen molar-refractivity contribution in [2.45, 2.75) is 51.0 Å². The smallest absolute Gasteiger partial charge is 0.235 e. The second-order valence-electron chi connectivity index (χ2n) is 11.2. The maximum atomic E-state index is 12.1. The maximum Gasteiger partial charge on any atom is 0.235 e. The van der Waals surface area contributed by atoms with Gasteiger partial charge in [-0.3, -0.25) is 4.90 Å². The Kier molecular flexibility index (Phi) is 5.97. The number of anilines is 1. The van der Waals surface area contributed by atoms with E-state index in [-0.39, 0.29) is 16.9 Å². The van der Waals surface area contributed by atoms with Crippen molar-refractivity contribution < 1.29 is 12.9 Å². The van der Waals surface area contributed by atoms with Gasteiger partial charge in [0.2, 0.25) is 15.9 Å². The monoisotopic (exact) mass is 496 g/mol. The average Bonchev–Trinajstić information content (AvgIpc) is 3.30. The molecular formula is C27H36N4O3S. The molecule has 1 aliphatic carbocycles. The quantitative estimate of drug-likeness (QED) is 0.561. The molecule has 0 amide bonds. The molecule has 0 bridgehead atoms. The lowest BCUT2D eigenvalue weighted by Gasteiger charge is -2.36. The third-order valence-corrected chi connectivity index (χ3v) is 8.65. The van der Waals surface area contributed by atoms with Crippen LogP contribution in [0.25, 0.3) is 10.9 Å². The first kappa shape index (κ1) is 24.3. The number of hydrogen-bond acceptors (Lipinski definition) is 6. The molecule has 35 heavy (non-hydrogen) atoms. The van der Waals surface area contributed by atoms with Gasteiger partial charge in [0.25, 0.3) is 0 Å². The van der Waals surface area contributed by atoms with Crippen molar-refractivity contribution >= 4 is 26.8 Å². The number of piperazine rings is 1. The van der Waals surface area contributed by atoms with Crippen LogP contribution in [0.4, 0.5) is 5.88 Å². The van der Waals surface area contributed by atoms with Crippen LogP contribution in [0, 0.1) is 0 Å². The average molecular weight is 497 g/mol. The van der Waals surface area contributed by atoms with Crippen molar-refractivity contribution in [2.24, 2.45) is 0 Å². The number of sulfonamides is 1. The Morgan fingerprint density at radius 1 is 1.00 bits per heavy atom. The molecule has 1 aromatic heterocycles. The van der Waals surface area contributed by atoms with Gasteiger partial charge in [0.15, 0.2) is 0 Å². The molecule has 2 aliphatic rings. The topological polar surface area (TPSA) is 78.7 Å². The minimum Gasteiger partial charge on any atom is -0.338 e. The van der Waals surface area contributed by atoms with Crippen LogP contribution in [0.3, 0.4) is 0 Å². The second-order valence-corrected chi connectivity index (χ2v) is 13.0. The molecule has 8 heteroatoms. The van der Waals surface area contributed by atoms with E-state index in [1.54, 1.807) is 0 Å². The molecule has 2 heterocycles. The summed E-state index contributed by atoms with van der Waals surface area (Å²) in [6.45, 7) is 13.4. The molecular weight excluding hydrogens is 460 g/mol. The Bertz CT molecular complexity index is 1340. The fraction of sp³-hybridized carbons (Fsp3) is 0.519. The first-order valence-electron chi connectivity index (χ1n) is 12.4. The number of nitrogens with zero attached hydrogens (tertiary/aromatic N) is 3. The van der Waals surface area contributed by atoms with E-state index < -0.39 is 10.0 Å². The summed E-state index contributed by atoms with van der Waals surface area (Å²) in [5.74, 6) is 0.876. The maximum absolute atomic E-state index is 12.1. The number of rotatable bonds is 6. The van der Waals surface area contributed by atoms with Gasteiger partial charge in [-0.25, -0.2) is 13.1 Å². The molecule has 1 N–H and O–H groups in total. The lowest BCUT2D eigenvalue weighted by molar-refractivity contribution is 0.254. The molecule has 7 nitrogen and oxygen atoms in total. The van der Waals surface area contributed by atoms with Crippen molar-refractivity contribution in [1.82, 2.24) is 14.8 Å². The van der Waals surface area contributed by atoms with Gasteiger partial charge in [0, 0.05) is 49.6 Å². The SMILES string of the molecule is CC1(C)c2ccc(CCN3CCN(c4onc5ccccc45)CC3)cc2C(C)(C)C1NS(C)(=O)=O. The third kappa shape index (κ3) is 4.47. The van der Waals surface area contributed by atoms with E-state index in [4.69, 9.17) is 4.52 Å². The van der Waals surface area contributed by atoms with E-state index in [0.29, 0.717) is 0 Å². The molecule has 1 aliphatic heterocycles. The van der Waals surface area contributed by atoms with Crippen LogP contribution >= 0.6 is 0 Å². The Morgan fingerprint density at radius 3 is 2.40 bits per heavy atom. The van der Waals surface area contributed by atoms with E-state index in [2.05, 4.69) is 71.6 Å². The lowest BCUT2D eigenvalue weighted by Crippen LogP contribution is -2.52. The highest BCUT2D eigenvalue weighted by Gasteiger charge is 2.52. The predicted octanol–water partition coefficient (Wildman–Crippen LogP) is 3.68. The summed E-state index contributed by atoms with van der Waals surface area (Å²) in [6, 6.07) is 14.6. The molecule has 5 rings (SSSR count). The standard InChI is InChI=1S/C27H36N4O3S/c1-26(2)21-11-10-19(18-22(21)27(3,4)25(26)29-35(5,32)33)12-13-30-14-16-31(17-15-30)24-20-8-6-7-9-23(20)28-34-24/h6-11,18,25,29H,12-17H2,1-5H3. The van der Waals surface area contributed by atoms with Crippen LogP contribution in [-0.4, -0.2) is 63.5 Å². The van der Waals surface area contributed by atoms with Gasteiger partial charge in [0.05, 0.1) is 11.6 Å². The van der Waals surface area contributed by atoms with E-state index in [1.807, 2.05) is 18.2 Å². The van der Waals surface area contributed by atoms with Crippen LogP contribution in [0.1, 0.15) is 44.4 Å². The van der Waals surface area contributed by atoms with Crippen LogP contribution in [0.5, 0.6) is 0 Å². The van der Waals surface area contributed by atoms with E-state index in [0.717, 1.165) is 55.9 Å². The molecule has 0 saturated carbocycles. The van der Waals surface area contributed by atoms with Crippen LogP contribution in [-0.2, 0) is 27.3 Å². The largest absolute Gasteiger partial charge is 0.338 e. The number of nitrogens with one attached hydrogen (secondary N) is 1. The first-order valence-corrected chi connectivity index (χ1v) is 14.3. The molecule has 1 fully saturated rings. The van der Waals surface area contributed by atoms with Gasteiger partial charge >= 0.3 is 0 Å². The normalized spacial score (nSPS) is 22.0. The predicted molar refractivity (Wildman–Crippen MR) is 141 cm³/mol. The third-order valence-electron chi connectivity index (χ3n) is 7.99. The van der Waals surface area contributed by atoms with Crippen LogP contribution in [0.15, 0.2) is 47.0 Å². The summed E-state index contributed by atoms with van der Waals surface area (Å²) >= 11 is 0. The van der Waals surface area contributed by atoms with Gasteiger partial charge in [-0.05, 0) is 35.2 Å².